The van der Waals surface area contributed by atoms with E-state index in [1.807, 2.05) is 41.5 Å². The monoisotopic (exact) mass is 388 g/mol. The molecule has 0 heterocycles. The molecule has 6 nitrogen and oxygen atoms in total. The van der Waals surface area contributed by atoms with Crippen molar-refractivity contribution in [3.05, 3.63) is 47.5 Å². The van der Waals surface area contributed by atoms with Gasteiger partial charge in [0.15, 0.2) is 0 Å². The molecule has 0 saturated carbocycles. The van der Waals surface area contributed by atoms with Crippen LogP contribution >= 0.6 is 0 Å². The van der Waals surface area contributed by atoms with Crippen molar-refractivity contribution in [1.29, 1.82) is 0 Å². The van der Waals surface area contributed by atoms with Gasteiger partial charge in [0.1, 0.15) is 11.5 Å². The first-order chi connectivity index (χ1) is 12.6. The van der Waals surface area contributed by atoms with E-state index in [0.717, 1.165) is 11.1 Å². The van der Waals surface area contributed by atoms with Gasteiger partial charge in [0.05, 0.1) is 0 Å². The summed E-state index contributed by atoms with van der Waals surface area (Å²) in [6, 6.07) is 9.74. The molecule has 28 heavy (non-hydrogen) atoms. The van der Waals surface area contributed by atoms with Crippen LogP contribution in [-0.2, 0) is 10.8 Å². The summed E-state index contributed by atoms with van der Waals surface area (Å²) in [5, 5.41) is 54.7. The second kappa shape index (κ2) is 9.01. The Morgan fingerprint density at radius 2 is 0.857 bits per heavy atom. The number of phenols is 2. The third kappa shape index (κ3) is 6.56. The molecule has 0 fully saturated rings. The minimum Gasteiger partial charge on any atom is -0.508 e. The zero-order chi connectivity index (χ0) is 21.9. The first-order valence-corrected chi connectivity index (χ1v) is 9.03. The average molecular weight is 388 g/mol. The highest BCUT2D eigenvalue weighted by atomic mass is 16.4. The molecule has 0 aliphatic rings. The van der Waals surface area contributed by atoms with Gasteiger partial charge in [-0.15, -0.1) is 0 Å². The van der Waals surface area contributed by atoms with Crippen LogP contribution < -0.4 is 10.9 Å². The van der Waals surface area contributed by atoms with Gasteiger partial charge in [-0.25, -0.2) is 0 Å². The number of aromatic hydroxyl groups is 2. The van der Waals surface area contributed by atoms with Crippen LogP contribution in [-0.4, -0.2) is 44.5 Å². The van der Waals surface area contributed by atoms with Crippen LogP contribution in [0, 0.1) is 0 Å². The van der Waals surface area contributed by atoms with Crippen LogP contribution in [0.25, 0.3) is 0 Å². The fourth-order valence-corrected chi connectivity index (χ4v) is 2.46. The summed E-state index contributed by atoms with van der Waals surface area (Å²) in [5.74, 6) is -0.180. The first kappa shape index (κ1) is 24.0. The summed E-state index contributed by atoms with van der Waals surface area (Å²) in [7, 11) is -3.26. The van der Waals surface area contributed by atoms with Gasteiger partial charge in [0, 0.05) is 10.9 Å². The molecule has 0 saturated heterocycles. The van der Waals surface area contributed by atoms with E-state index < -0.39 is 14.2 Å². The van der Waals surface area contributed by atoms with Crippen LogP contribution in [0.2, 0.25) is 0 Å². The molecule has 0 aliphatic heterocycles. The average Bonchev–Trinajstić information content (AvgIpc) is 2.53. The zero-order valence-electron chi connectivity index (χ0n) is 17.3. The lowest BCUT2D eigenvalue weighted by Crippen LogP contribution is -2.31. The molecule has 2 rings (SSSR count). The lowest BCUT2D eigenvalue weighted by molar-refractivity contribution is 0.417. The van der Waals surface area contributed by atoms with E-state index in [-0.39, 0.29) is 33.3 Å². The third-order valence-corrected chi connectivity index (χ3v) is 4.34. The van der Waals surface area contributed by atoms with Crippen molar-refractivity contribution in [1.82, 2.24) is 0 Å². The number of benzene rings is 2. The Morgan fingerprint density at radius 3 is 1.07 bits per heavy atom. The summed E-state index contributed by atoms with van der Waals surface area (Å²) in [6.07, 6.45) is 0. The van der Waals surface area contributed by atoms with Gasteiger partial charge in [-0.2, -0.15) is 0 Å². The fourth-order valence-electron chi connectivity index (χ4n) is 2.46. The molecule has 2 aromatic rings. The zero-order valence-corrected chi connectivity index (χ0v) is 17.3. The highest BCUT2D eigenvalue weighted by Gasteiger charge is 2.21. The van der Waals surface area contributed by atoms with Crippen molar-refractivity contribution in [2.45, 2.75) is 52.4 Å². The Labute approximate surface area is 167 Å². The smallest absolute Gasteiger partial charge is 0.492 e. The molecular formula is C20H30B2O6. The molecule has 152 valence electrons. The maximum Gasteiger partial charge on any atom is 0.492 e. The third-order valence-electron chi connectivity index (χ3n) is 4.34. The van der Waals surface area contributed by atoms with Crippen molar-refractivity contribution in [3.63, 3.8) is 0 Å². The predicted octanol–water partition coefficient (Wildman–Crippen LogP) is 0.739. The molecule has 0 aliphatic carbocycles. The van der Waals surface area contributed by atoms with Gasteiger partial charge in [-0.1, -0.05) is 65.8 Å². The van der Waals surface area contributed by atoms with Crippen LogP contribution in [0.3, 0.4) is 0 Å². The summed E-state index contributed by atoms with van der Waals surface area (Å²) in [6.45, 7) is 12.1. The normalized spacial score (nSPS) is 11.5. The molecule has 0 bridgehead atoms. The first-order valence-electron chi connectivity index (χ1n) is 9.03. The molecule has 2 aromatic carbocycles. The Balaban J connectivity index is 0.000000280. The Kier molecular flexibility index (Phi) is 7.74. The highest BCUT2D eigenvalue weighted by molar-refractivity contribution is 6.60. The van der Waals surface area contributed by atoms with Crippen LogP contribution in [0.4, 0.5) is 0 Å². The molecule has 0 unspecified atom stereocenters. The van der Waals surface area contributed by atoms with Gasteiger partial charge in [0.2, 0.25) is 0 Å². The predicted molar refractivity (Wildman–Crippen MR) is 113 cm³/mol. The van der Waals surface area contributed by atoms with Gasteiger partial charge >= 0.3 is 14.2 Å². The molecular weight excluding hydrogens is 358 g/mol. The lowest BCUT2D eigenvalue weighted by Gasteiger charge is -2.20. The molecule has 0 spiro atoms. The maximum atomic E-state index is 9.35. The van der Waals surface area contributed by atoms with E-state index in [0.29, 0.717) is 0 Å². The standard InChI is InChI=1S/2C10H15BO3/c2*1-10(2,3)7-4-5-9(12)8(6-7)11(13)14/h2*4-6,12-14H,1-3H3. The minimum atomic E-state index is -1.63. The summed E-state index contributed by atoms with van der Waals surface area (Å²) in [5.41, 5.74) is 2.07. The van der Waals surface area contributed by atoms with Crippen molar-refractivity contribution in [3.8, 4) is 11.5 Å². The van der Waals surface area contributed by atoms with Crippen molar-refractivity contribution in [2.75, 3.05) is 0 Å². The topological polar surface area (TPSA) is 121 Å². The molecule has 0 atom stereocenters. The number of rotatable bonds is 2. The highest BCUT2D eigenvalue weighted by Crippen LogP contribution is 2.23. The van der Waals surface area contributed by atoms with E-state index in [1.165, 1.54) is 12.1 Å². The summed E-state index contributed by atoms with van der Waals surface area (Å²) in [4.78, 5) is 0. The number of phenolic OH excluding ortho intramolecular Hbond substituents is 2. The second-order valence-corrected chi connectivity index (χ2v) is 8.79. The largest absolute Gasteiger partial charge is 0.508 e. The van der Waals surface area contributed by atoms with Gasteiger partial charge in [-0.05, 0) is 34.1 Å². The number of hydrogen-bond donors (Lipinski definition) is 6. The number of hydrogen-bond acceptors (Lipinski definition) is 6. The minimum absolute atomic E-state index is 0.0721. The SMILES string of the molecule is CC(C)(C)c1ccc(O)c(B(O)O)c1.CC(C)(C)c1ccc(O)c(B(O)O)c1. The van der Waals surface area contributed by atoms with Crippen LogP contribution in [0.5, 0.6) is 11.5 Å². The Bertz CT molecular complexity index is 725. The fraction of sp³-hybridized carbons (Fsp3) is 0.400. The maximum absolute atomic E-state index is 9.35. The molecule has 0 amide bonds. The van der Waals surface area contributed by atoms with E-state index in [1.54, 1.807) is 24.3 Å². The van der Waals surface area contributed by atoms with E-state index in [2.05, 4.69) is 0 Å². The molecule has 0 aromatic heterocycles. The summed E-state index contributed by atoms with van der Waals surface area (Å²) < 4.78 is 0. The molecule has 6 N–H and O–H groups in total. The summed E-state index contributed by atoms with van der Waals surface area (Å²) >= 11 is 0. The molecule has 8 heteroatoms. The van der Waals surface area contributed by atoms with Crippen molar-refractivity contribution < 1.29 is 30.3 Å². The quantitative estimate of drug-likeness (QED) is 0.422. The van der Waals surface area contributed by atoms with Crippen molar-refractivity contribution in [2.24, 2.45) is 0 Å². The van der Waals surface area contributed by atoms with E-state index >= 15 is 0 Å². The van der Waals surface area contributed by atoms with Crippen molar-refractivity contribution >= 4 is 25.2 Å². The van der Waals surface area contributed by atoms with Gasteiger partial charge in [0.25, 0.3) is 0 Å². The van der Waals surface area contributed by atoms with Crippen LogP contribution in [0.15, 0.2) is 36.4 Å². The van der Waals surface area contributed by atoms with Crippen LogP contribution in [0.1, 0.15) is 52.7 Å². The van der Waals surface area contributed by atoms with E-state index in [4.69, 9.17) is 20.1 Å². The van der Waals surface area contributed by atoms with E-state index in [9.17, 15) is 10.2 Å². The Hall–Kier alpha value is -1.99. The second-order valence-electron chi connectivity index (χ2n) is 8.79. The van der Waals surface area contributed by atoms with Gasteiger partial charge < -0.3 is 30.3 Å². The molecule has 0 radical (unpaired) electrons. The van der Waals surface area contributed by atoms with Gasteiger partial charge in [-0.3, -0.25) is 0 Å². The Morgan fingerprint density at radius 1 is 0.571 bits per heavy atom. The lowest BCUT2D eigenvalue weighted by atomic mass is 9.75.